The van der Waals surface area contributed by atoms with Gasteiger partial charge < -0.3 is 14.2 Å². The highest BCUT2D eigenvalue weighted by molar-refractivity contribution is 5.95. The van der Waals surface area contributed by atoms with Gasteiger partial charge in [-0.1, -0.05) is 12.1 Å². The Morgan fingerprint density at radius 1 is 1.21 bits per heavy atom. The van der Waals surface area contributed by atoms with Crippen LogP contribution < -0.4 is 4.74 Å². The summed E-state index contributed by atoms with van der Waals surface area (Å²) in [5.41, 5.74) is 1.28. The van der Waals surface area contributed by atoms with Gasteiger partial charge >= 0.3 is 0 Å². The molecule has 1 saturated heterocycles. The Morgan fingerprint density at radius 2 is 1.96 bits per heavy atom. The number of nitrogens with zero attached hydrogens (tertiary/aromatic N) is 3. The standard InChI is InChI=1S/C20H18F3N3O2/c1-11-24-15-5-3-4-6-16(15)26(11)12-7-8-25(10-12)20(27)13-9-14(21)18(23)19(28-2)17(13)22/h3-6,9,12H,7-8,10H2,1-2H3/t12-/m0/s1. The van der Waals surface area contributed by atoms with E-state index in [-0.39, 0.29) is 6.04 Å². The average Bonchev–Trinajstić information content (AvgIpc) is 3.28. The molecule has 28 heavy (non-hydrogen) atoms. The van der Waals surface area contributed by atoms with E-state index in [2.05, 4.69) is 14.3 Å². The molecule has 1 amide bonds. The summed E-state index contributed by atoms with van der Waals surface area (Å²) in [4.78, 5) is 18.8. The minimum Gasteiger partial charge on any atom is -0.491 e. The highest BCUT2D eigenvalue weighted by Crippen LogP contribution is 2.31. The Balaban J connectivity index is 1.64. The van der Waals surface area contributed by atoms with Crippen molar-refractivity contribution in [1.29, 1.82) is 0 Å². The second-order valence-electron chi connectivity index (χ2n) is 6.78. The summed E-state index contributed by atoms with van der Waals surface area (Å²) in [6.45, 7) is 2.58. The smallest absolute Gasteiger partial charge is 0.257 e. The Morgan fingerprint density at radius 3 is 2.71 bits per heavy atom. The first-order valence-electron chi connectivity index (χ1n) is 8.86. The largest absolute Gasteiger partial charge is 0.491 e. The first-order valence-corrected chi connectivity index (χ1v) is 8.86. The number of carbonyl (C=O) groups is 1. The highest BCUT2D eigenvalue weighted by Gasteiger charge is 2.33. The number of carbonyl (C=O) groups excluding carboxylic acids is 1. The minimum absolute atomic E-state index is 0.0356. The van der Waals surface area contributed by atoms with E-state index in [1.807, 2.05) is 31.2 Å². The molecule has 0 radical (unpaired) electrons. The van der Waals surface area contributed by atoms with Gasteiger partial charge in [-0.3, -0.25) is 4.79 Å². The number of para-hydroxylation sites is 2. The first-order chi connectivity index (χ1) is 13.4. The van der Waals surface area contributed by atoms with Gasteiger partial charge in [0, 0.05) is 13.1 Å². The molecular formula is C20H18F3N3O2. The minimum atomic E-state index is -1.45. The lowest BCUT2D eigenvalue weighted by molar-refractivity contribution is 0.0781. The molecule has 5 nitrogen and oxygen atoms in total. The molecule has 0 saturated carbocycles. The molecule has 0 aliphatic carbocycles. The Bertz CT molecular complexity index is 1080. The monoisotopic (exact) mass is 389 g/mol. The number of benzene rings is 2. The number of halogens is 3. The van der Waals surface area contributed by atoms with Crippen LogP contribution in [0, 0.1) is 24.4 Å². The second-order valence-corrected chi connectivity index (χ2v) is 6.78. The number of fused-ring (bicyclic) bond motifs is 1. The van der Waals surface area contributed by atoms with Crippen molar-refractivity contribution in [2.24, 2.45) is 0 Å². The van der Waals surface area contributed by atoms with Gasteiger partial charge in [0.25, 0.3) is 5.91 Å². The van der Waals surface area contributed by atoms with Crippen molar-refractivity contribution in [2.45, 2.75) is 19.4 Å². The molecule has 4 rings (SSSR count). The summed E-state index contributed by atoms with van der Waals surface area (Å²) in [6, 6.07) is 8.25. The van der Waals surface area contributed by atoms with Crippen LogP contribution in [0.2, 0.25) is 0 Å². The summed E-state index contributed by atoms with van der Waals surface area (Å²) in [5, 5.41) is 0. The number of imidazole rings is 1. The summed E-state index contributed by atoms with van der Waals surface area (Å²) in [5.74, 6) is -4.74. The summed E-state index contributed by atoms with van der Waals surface area (Å²) < 4.78 is 48.5. The van der Waals surface area contributed by atoms with E-state index < -0.39 is 34.7 Å². The third kappa shape index (κ3) is 2.80. The summed E-state index contributed by atoms with van der Waals surface area (Å²) in [7, 11) is 1.02. The van der Waals surface area contributed by atoms with Crippen LogP contribution in [0.5, 0.6) is 5.75 Å². The predicted octanol–water partition coefficient (Wildman–Crippen LogP) is 3.86. The van der Waals surface area contributed by atoms with E-state index in [9.17, 15) is 18.0 Å². The number of rotatable bonds is 3. The van der Waals surface area contributed by atoms with E-state index in [1.165, 1.54) is 4.90 Å². The molecule has 1 aromatic heterocycles. The van der Waals surface area contributed by atoms with E-state index in [1.54, 1.807) is 0 Å². The normalized spacial score (nSPS) is 16.8. The average molecular weight is 389 g/mol. The maximum atomic E-state index is 14.5. The lowest BCUT2D eigenvalue weighted by atomic mass is 10.1. The van der Waals surface area contributed by atoms with Gasteiger partial charge in [0.15, 0.2) is 17.4 Å². The number of amides is 1. The Hall–Kier alpha value is -3.03. The molecule has 8 heteroatoms. The zero-order valence-corrected chi connectivity index (χ0v) is 15.4. The van der Waals surface area contributed by atoms with Crippen molar-refractivity contribution < 1.29 is 22.7 Å². The fourth-order valence-corrected chi connectivity index (χ4v) is 3.85. The zero-order valence-electron chi connectivity index (χ0n) is 15.4. The number of aryl methyl sites for hydroxylation is 1. The van der Waals surface area contributed by atoms with Crippen LogP contribution >= 0.6 is 0 Å². The van der Waals surface area contributed by atoms with Gasteiger partial charge in [0.2, 0.25) is 5.82 Å². The number of methoxy groups -OCH3 is 1. The van der Waals surface area contributed by atoms with Gasteiger partial charge in [-0.05, 0) is 31.5 Å². The third-order valence-corrected chi connectivity index (χ3v) is 5.14. The summed E-state index contributed by atoms with van der Waals surface area (Å²) in [6.07, 6.45) is 0.648. The third-order valence-electron chi connectivity index (χ3n) is 5.14. The van der Waals surface area contributed by atoms with E-state index >= 15 is 0 Å². The highest BCUT2D eigenvalue weighted by atomic mass is 19.2. The molecule has 1 fully saturated rings. The van der Waals surface area contributed by atoms with Crippen molar-refractivity contribution in [1.82, 2.24) is 14.5 Å². The van der Waals surface area contributed by atoms with Crippen LogP contribution in [0.25, 0.3) is 11.0 Å². The molecule has 0 unspecified atom stereocenters. The molecule has 0 bridgehead atoms. The van der Waals surface area contributed by atoms with Crippen molar-refractivity contribution in [2.75, 3.05) is 20.2 Å². The SMILES string of the molecule is COc1c(F)c(F)cc(C(=O)N2CC[C@H](n3c(C)nc4ccccc43)C2)c1F. The van der Waals surface area contributed by atoms with Crippen LogP contribution in [0.4, 0.5) is 13.2 Å². The van der Waals surface area contributed by atoms with Gasteiger partial charge in [0.05, 0.1) is 29.7 Å². The van der Waals surface area contributed by atoms with Crippen molar-refractivity contribution in [3.63, 3.8) is 0 Å². The van der Waals surface area contributed by atoms with Crippen LogP contribution in [0.1, 0.15) is 28.6 Å². The lowest BCUT2D eigenvalue weighted by Crippen LogP contribution is -2.30. The summed E-state index contributed by atoms with van der Waals surface area (Å²) >= 11 is 0. The topological polar surface area (TPSA) is 47.4 Å². The van der Waals surface area contributed by atoms with Crippen LogP contribution in [-0.4, -0.2) is 40.6 Å². The van der Waals surface area contributed by atoms with Gasteiger partial charge in [-0.15, -0.1) is 0 Å². The number of hydrogen-bond acceptors (Lipinski definition) is 3. The van der Waals surface area contributed by atoms with Crippen molar-refractivity contribution in [3.05, 3.63) is 59.2 Å². The van der Waals surface area contributed by atoms with Gasteiger partial charge in [0.1, 0.15) is 5.82 Å². The molecule has 3 aromatic rings. The van der Waals surface area contributed by atoms with Crippen LogP contribution in [-0.2, 0) is 0 Å². The van der Waals surface area contributed by atoms with E-state index in [0.717, 1.165) is 24.0 Å². The maximum absolute atomic E-state index is 14.5. The van der Waals surface area contributed by atoms with Gasteiger partial charge in [-0.2, -0.15) is 4.39 Å². The molecule has 1 atom stereocenters. The van der Waals surface area contributed by atoms with Crippen molar-refractivity contribution >= 4 is 16.9 Å². The molecule has 2 aromatic carbocycles. The van der Waals surface area contributed by atoms with E-state index in [0.29, 0.717) is 25.6 Å². The molecule has 1 aliphatic heterocycles. The van der Waals surface area contributed by atoms with Gasteiger partial charge in [-0.25, -0.2) is 13.8 Å². The number of aromatic nitrogens is 2. The molecule has 0 N–H and O–H groups in total. The van der Waals surface area contributed by atoms with Crippen LogP contribution in [0.15, 0.2) is 30.3 Å². The number of hydrogen-bond donors (Lipinski definition) is 0. The first kappa shape index (κ1) is 18.3. The lowest BCUT2D eigenvalue weighted by Gasteiger charge is -2.19. The number of ether oxygens (including phenoxy) is 1. The molecule has 146 valence electrons. The quantitative estimate of drug-likeness (QED) is 0.639. The maximum Gasteiger partial charge on any atom is 0.257 e. The second kappa shape index (κ2) is 6.85. The predicted molar refractivity (Wildman–Crippen MR) is 96.9 cm³/mol. The Labute approximate surface area is 159 Å². The zero-order chi connectivity index (χ0) is 20.0. The van der Waals surface area contributed by atoms with Crippen molar-refractivity contribution in [3.8, 4) is 5.75 Å². The van der Waals surface area contributed by atoms with E-state index in [4.69, 9.17) is 0 Å². The molecule has 0 spiro atoms. The fourth-order valence-electron chi connectivity index (χ4n) is 3.85. The molecular weight excluding hydrogens is 371 g/mol. The Kier molecular flexibility index (Phi) is 4.49. The van der Waals surface area contributed by atoms with Crippen LogP contribution in [0.3, 0.4) is 0 Å². The number of likely N-dealkylation sites (tertiary alicyclic amines) is 1. The fraction of sp³-hybridized carbons (Fsp3) is 0.300. The molecule has 1 aliphatic rings. The molecule has 2 heterocycles.